The molecular formula is C13H13FN2S. The summed E-state index contributed by atoms with van der Waals surface area (Å²) in [6.07, 6.45) is 0.428. The van der Waals surface area contributed by atoms with Gasteiger partial charge in [-0.2, -0.15) is 0 Å². The number of rotatable bonds is 2. The van der Waals surface area contributed by atoms with Crippen molar-refractivity contribution in [3.05, 3.63) is 57.4 Å². The van der Waals surface area contributed by atoms with Crippen molar-refractivity contribution >= 4 is 12.2 Å². The average Bonchev–Trinajstić information content (AvgIpc) is 2.29. The standard InChI is InChI=1S/C13H13FN2S/c1-8-9(2)15-12(16-13(8)17)7-10-5-3-4-6-11(10)14/h3-6H,7H2,1-2H3,(H,15,16,17). The molecule has 4 heteroatoms. The van der Waals surface area contributed by atoms with Crippen LogP contribution in [0.15, 0.2) is 24.3 Å². The second-order valence-corrected chi connectivity index (χ2v) is 4.39. The Bertz CT molecular complexity index is 605. The molecule has 2 rings (SSSR count). The SMILES string of the molecule is Cc1[nH]c(Cc2ccccc2F)nc(=S)c1C. The molecule has 0 aliphatic rings. The van der Waals surface area contributed by atoms with Crippen molar-refractivity contribution < 1.29 is 4.39 Å². The first-order valence-electron chi connectivity index (χ1n) is 5.37. The summed E-state index contributed by atoms with van der Waals surface area (Å²) >= 11 is 5.15. The molecule has 17 heavy (non-hydrogen) atoms. The van der Waals surface area contributed by atoms with E-state index in [-0.39, 0.29) is 5.82 Å². The summed E-state index contributed by atoms with van der Waals surface area (Å²) in [5.41, 5.74) is 2.57. The highest BCUT2D eigenvalue weighted by molar-refractivity contribution is 7.71. The van der Waals surface area contributed by atoms with E-state index in [4.69, 9.17) is 12.2 Å². The number of aromatic amines is 1. The number of nitrogens with zero attached hydrogens (tertiary/aromatic N) is 1. The van der Waals surface area contributed by atoms with Crippen LogP contribution in [0.4, 0.5) is 4.39 Å². The smallest absolute Gasteiger partial charge is 0.132 e. The molecule has 0 spiro atoms. The fourth-order valence-corrected chi connectivity index (χ4v) is 1.87. The van der Waals surface area contributed by atoms with Gasteiger partial charge in [-0.25, -0.2) is 9.37 Å². The summed E-state index contributed by atoms with van der Waals surface area (Å²) in [7, 11) is 0. The second-order valence-electron chi connectivity index (χ2n) is 4.01. The minimum atomic E-state index is -0.216. The van der Waals surface area contributed by atoms with Gasteiger partial charge in [0, 0.05) is 17.7 Å². The van der Waals surface area contributed by atoms with Crippen molar-refractivity contribution in [2.45, 2.75) is 20.3 Å². The molecule has 0 aliphatic heterocycles. The molecule has 1 aromatic carbocycles. The van der Waals surface area contributed by atoms with Crippen molar-refractivity contribution in [2.75, 3.05) is 0 Å². The third-order valence-electron chi connectivity index (χ3n) is 2.77. The summed E-state index contributed by atoms with van der Waals surface area (Å²) in [6, 6.07) is 6.69. The third-order valence-corrected chi connectivity index (χ3v) is 3.16. The van der Waals surface area contributed by atoms with E-state index in [2.05, 4.69) is 9.97 Å². The number of benzene rings is 1. The van der Waals surface area contributed by atoms with Crippen LogP contribution in [-0.2, 0) is 6.42 Å². The maximum Gasteiger partial charge on any atom is 0.132 e. The summed E-state index contributed by atoms with van der Waals surface area (Å²) < 4.78 is 14.1. The van der Waals surface area contributed by atoms with Gasteiger partial charge in [0.25, 0.3) is 0 Å². The zero-order valence-corrected chi connectivity index (χ0v) is 10.6. The molecule has 0 amide bonds. The minimum Gasteiger partial charge on any atom is -0.347 e. The number of aryl methyl sites for hydroxylation is 1. The number of nitrogens with one attached hydrogen (secondary N) is 1. The summed E-state index contributed by atoms with van der Waals surface area (Å²) in [4.78, 5) is 7.41. The molecule has 1 aromatic heterocycles. The van der Waals surface area contributed by atoms with Crippen LogP contribution < -0.4 is 0 Å². The van der Waals surface area contributed by atoms with E-state index in [1.165, 1.54) is 6.07 Å². The van der Waals surface area contributed by atoms with E-state index < -0.39 is 0 Å². The highest BCUT2D eigenvalue weighted by Gasteiger charge is 2.05. The lowest BCUT2D eigenvalue weighted by Gasteiger charge is -2.06. The van der Waals surface area contributed by atoms with Crippen LogP contribution in [0, 0.1) is 24.3 Å². The molecule has 0 unspecified atom stereocenters. The minimum absolute atomic E-state index is 0.216. The Hall–Kier alpha value is -1.55. The van der Waals surface area contributed by atoms with E-state index in [1.54, 1.807) is 12.1 Å². The Labute approximate surface area is 105 Å². The van der Waals surface area contributed by atoms with Crippen molar-refractivity contribution in [1.82, 2.24) is 9.97 Å². The Morgan fingerprint density at radius 1 is 1.29 bits per heavy atom. The Morgan fingerprint density at radius 2 is 2.00 bits per heavy atom. The lowest BCUT2D eigenvalue weighted by Crippen LogP contribution is -2.02. The summed E-state index contributed by atoms with van der Waals surface area (Å²) in [5.74, 6) is 0.482. The predicted octanol–water partition coefficient (Wildman–Crippen LogP) is 3.49. The highest BCUT2D eigenvalue weighted by atomic mass is 32.1. The number of H-pyrrole nitrogens is 1. The van der Waals surface area contributed by atoms with Crippen molar-refractivity contribution in [3.8, 4) is 0 Å². The third kappa shape index (κ3) is 2.58. The average molecular weight is 248 g/mol. The van der Waals surface area contributed by atoms with Crippen LogP contribution in [0.3, 0.4) is 0 Å². The van der Waals surface area contributed by atoms with Gasteiger partial charge in [0.05, 0.1) is 0 Å². The van der Waals surface area contributed by atoms with E-state index >= 15 is 0 Å². The van der Waals surface area contributed by atoms with E-state index in [9.17, 15) is 4.39 Å². The number of hydrogen-bond donors (Lipinski definition) is 1. The van der Waals surface area contributed by atoms with E-state index in [1.807, 2.05) is 19.9 Å². The van der Waals surface area contributed by atoms with E-state index in [0.29, 0.717) is 22.4 Å². The van der Waals surface area contributed by atoms with Crippen LogP contribution in [-0.4, -0.2) is 9.97 Å². The molecule has 0 fully saturated rings. The van der Waals surface area contributed by atoms with Crippen molar-refractivity contribution in [1.29, 1.82) is 0 Å². The van der Waals surface area contributed by atoms with Crippen LogP contribution >= 0.6 is 12.2 Å². The molecule has 1 N–H and O–H groups in total. The van der Waals surface area contributed by atoms with Crippen molar-refractivity contribution in [2.24, 2.45) is 0 Å². The van der Waals surface area contributed by atoms with Crippen LogP contribution in [0.1, 0.15) is 22.6 Å². The largest absolute Gasteiger partial charge is 0.347 e. The number of halogens is 1. The number of hydrogen-bond acceptors (Lipinski definition) is 2. The molecule has 1 heterocycles. The Morgan fingerprint density at radius 3 is 2.65 bits per heavy atom. The summed E-state index contributed by atoms with van der Waals surface area (Å²) in [6.45, 7) is 3.87. The molecular weight excluding hydrogens is 235 g/mol. The van der Waals surface area contributed by atoms with Gasteiger partial charge in [-0.15, -0.1) is 0 Å². The number of aromatic nitrogens is 2. The monoisotopic (exact) mass is 248 g/mol. The molecule has 0 saturated carbocycles. The fourth-order valence-electron chi connectivity index (χ4n) is 1.61. The molecule has 88 valence electrons. The van der Waals surface area contributed by atoms with Crippen molar-refractivity contribution in [3.63, 3.8) is 0 Å². The van der Waals surface area contributed by atoms with Crippen LogP contribution in [0.5, 0.6) is 0 Å². The molecule has 2 nitrogen and oxygen atoms in total. The van der Waals surface area contributed by atoms with Gasteiger partial charge in [0.15, 0.2) is 0 Å². The summed E-state index contributed by atoms with van der Waals surface area (Å²) in [5, 5.41) is 0. The molecule has 0 saturated heterocycles. The van der Waals surface area contributed by atoms with Gasteiger partial charge in [-0.05, 0) is 25.5 Å². The maximum atomic E-state index is 13.5. The first-order valence-corrected chi connectivity index (χ1v) is 5.78. The van der Waals surface area contributed by atoms with Gasteiger partial charge < -0.3 is 4.98 Å². The lowest BCUT2D eigenvalue weighted by molar-refractivity contribution is 0.612. The van der Waals surface area contributed by atoms with Gasteiger partial charge >= 0.3 is 0 Å². The maximum absolute atomic E-state index is 13.5. The van der Waals surface area contributed by atoms with E-state index in [0.717, 1.165) is 11.3 Å². The van der Waals surface area contributed by atoms with Gasteiger partial charge in [0.1, 0.15) is 16.3 Å². The lowest BCUT2D eigenvalue weighted by atomic mass is 10.1. The molecule has 0 aliphatic carbocycles. The van der Waals surface area contributed by atoms with Crippen LogP contribution in [0.25, 0.3) is 0 Å². The molecule has 0 atom stereocenters. The highest BCUT2D eigenvalue weighted by Crippen LogP contribution is 2.12. The first kappa shape index (κ1) is 11.9. The normalized spacial score (nSPS) is 10.5. The fraction of sp³-hybridized carbons (Fsp3) is 0.231. The Kier molecular flexibility index (Phi) is 3.33. The quantitative estimate of drug-likeness (QED) is 0.824. The molecule has 2 aromatic rings. The first-order chi connectivity index (χ1) is 8.08. The van der Waals surface area contributed by atoms with Gasteiger partial charge in [0.2, 0.25) is 0 Å². The zero-order valence-electron chi connectivity index (χ0n) is 9.75. The predicted molar refractivity (Wildman–Crippen MR) is 68.1 cm³/mol. The topological polar surface area (TPSA) is 28.7 Å². The van der Waals surface area contributed by atoms with Gasteiger partial charge in [-0.1, -0.05) is 30.4 Å². The molecule has 0 bridgehead atoms. The van der Waals surface area contributed by atoms with Crippen LogP contribution in [0.2, 0.25) is 0 Å². The molecule has 0 radical (unpaired) electrons. The van der Waals surface area contributed by atoms with Gasteiger partial charge in [-0.3, -0.25) is 0 Å². The zero-order chi connectivity index (χ0) is 12.4. The second kappa shape index (κ2) is 4.75. The Balaban J connectivity index is 2.38.